The van der Waals surface area contributed by atoms with Crippen LogP contribution in [0.5, 0.6) is 0 Å². The smallest absolute Gasteiger partial charge is 0.220 e. The summed E-state index contributed by atoms with van der Waals surface area (Å²) in [5.41, 5.74) is 11.6. The minimum atomic E-state index is -0.736. The molecule has 3 aliphatic rings. The van der Waals surface area contributed by atoms with E-state index in [0.29, 0.717) is 12.1 Å². The summed E-state index contributed by atoms with van der Waals surface area (Å²) in [6.45, 7) is 2.13. The molecule has 1 unspecified atom stereocenters. The van der Waals surface area contributed by atoms with E-state index in [1.54, 1.807) is 5.06 Å². The van der Waals surface area contributed by atoms with Gasteiger partial charge in [0.15, 0.2) is 0 Å². The Morgan fingerprint density at radius 1 is 1.14 bits per heavy atom. The fourth-order valence-electron chi connectivity index (χ4n) is 5.54. The van der Waals surface area contributed by atoms with Crippen LogP contribution in [0.3, 0.4) is 0 Å². The van der Waals surface area contributed by atoms with E-state index in [-0.39, 0.29) is 5.41 Å². The molecular weight excluding hydrogens is 362 g/mol. The number of hydrogen-bond donors (Lipinski definition) is 1. The molecule has 2 spiro atoms. The van der Waals surface area contributed by atoms with Gasteiger partial charge in [0.1, 0.15) is 0 Å². The number of fused-ring (bicyclic) bond motifs is 3. The molecule has 2 aromatic carbocycles. The maximum Gasteiger partial charge on any atom is 0.220 e. The number of rotatable bonds is 2. The SMILES string of the molecule is COC1CCC2(CC1)Cc1ccc(-c3cccc(C)c3)cc1C21N=C(N)N(C)O1. The molecule has 0 bridgehead atoms. The van der Waals surface area contributed by atoms with Gasteiger partial charge >= 0.3 is 0 Å². The molecule has 1 atom stereocenters. The van der Waals surface area contributed by atoms with Crippen molar-refractivity contribution >= 4 is 5.96 Å². The van der Waals surface area contributed by atoms with Gasteiger partial charge in [0.05, 0.1) is 6.10 Å². The lowest BCUT2D eigenvalue weighted by Gasteiger charge is -2.45. The van der Waals surface area contributed by atoms with Crippen LogP contribution in [0.15, 0.2) is 47.5 Å². The molecule has 152 valence electrons. The van der Waals surface area contributed by atoms with Crippen molar-refractivity contribution in [3.05, 3.63) is 59.2 Å². The Kier molecular flexibility index (Phi) is 4.23. The van der Waals surface area contributed by atoms with Gasteiger partial charge in [-0.05, 0) is 61.8 Å². The van der Waals surface area contributed by atoms with E-state index < -0.39 is 5.72 Å². The Labute approximate surface area is 172 Å². The minimum absolute atomic E-state index is 0.0784. The summed E-state index contributed by atoms with van der Waals surface area (Å²) >= 11 is 0. The molecule has 1 saturated carbocycles. The maximum absolute atomic E-state index is 6.49. The molecule has 0 aromatic heterocycles. The number of aliphatic imine (C=N–C) groups is 1. The maximum atomic E-state index is 6.49. The molecule has 2 aromatic rings. The second kappa shape index (κ2) is 6.57. The van der Waals surface area contributed by atoms with E-state index in [1.165, 1.54) is 27.8 Å². The minimum Gasteiger partial charge on any atom is -0.381 e. The van der Waals surface area contributed by atoms with Gasteiger partial charge < -0.3 is 10.5 Å². The van der Waals surface area contributed by atoms with Crippen molar-refractivity contribution in [2.75, 3.05) is 14.2 Å². The summed E-state index contributed by atoms with van der Waals surface area (Å²) in [6.07, 6.45) is 5.38. The molecule has 29 heavy (non-hydrogen) atoms. The van der Waals surface area contributed by atoms with E-state index in [1.807, 2.05) is 14.2 Å². The van der Waals surface area contributed by atoms with E-state index in [0.717, 1.165) is 32.1 Å². The summed E-state index contributed by atoms with van der Waals surface area (Å²) in [7, 11) is 3.66. The Hall–Kier alpha value is -2.37. The quantitative estimate of drug-likeness (QED) is 0.836. The van der Waals surface area contributed by atoms with Crippen molar-refractivity contribution in [1.29, 1.82) is 0 Å². The number of nitrogens with zero attached hydrogens (tertiary/aromatic N) is 2. The Balaban J connectivity index is 1.63. The number of benzene rings is 2. The standard InChI is InChI=1S/C24H29N3O2/c1-16-5-4-6-17(13-16)18-7-8-19-15-23(11-9-20(28-3)10-12-23)24(21(19)14-18)26-22(25)27(2)29-24/h4-8,13-14,20H,9-12,15H2,1-3H3,(H2,25,26). The summed E-state index contributed by atoms with van der Waals surface area (Å²) in [4.78, 5) is 11.5. The number of nitrogens with two attached hydrogens (primary N) is 1. The predicted octanol–water partition coefficient (Wildman–Crippen LogP) is 4.14. The third-order valence-corrected chi connectivity index (χ3v) is 7.16. The van der Waals surface area contributed by atoms with E-state index in [9.17, 15) is 0 Å². The number of guanidine groups is 1. The van der Waals surface area contributed by atoms with Crippen LogP contribution < -0.4 is 5.73 Å². The second-order valence-electron chi connectivity index (χ2n) is 8.84. The fraction of sp³-hybridized carbons (Fsp3) is 0.458. The van der Waals surface area contributed by atoms with Crippen LogP contribution in [0.25, 0.3) is 11.1 Å². The monoisotopic (exact) mass is 391 g/mol. The number of hydroxylamine groups is 2. The largest absolute Gasteiger partial charge is 0.381 e. The first-order valence-corrected chi connectivity index (χ1v) is 10.5. The van der Waals surface area contributed by atoms with Gasteiger partial charge in [0.25, 0.3) is 0 Å². The summed E-state index contributed by atoms with van der Waals surface area (Å²) in [6, 6.07) is 15.4. The zero-order valence-corrected chi connectivity index (χ0v) is 17.4. The molecule has 5 heteroatoms. The van der Waals surface area contributed by atoms with Gasteiger partial charge in [0, 0.05) is 25.1 Å². The first-order chi connectivity index (χ1) is 14.0. The normalized spacial score (nSPS) is 30.8. The van der Waals surface area contributed by atoms with Gasteiger partial charge in [-0.3, -0.25) is 0 Å². The lowest BCUT2D eigenvalue weighted by Crippen LogP contribution is -2.46. The van der Waals surface area contributed by atoms with Crippen molar-refractivity contribution < 1.29 is 9.57 Å². The fourth-order valence-corrected chi connectivity index (χ4v) is 5.54. The van der Waals surface area contributed by atoms with Crippen molar-refractivity contribution in [3.8, 4) is 11.1 Å². The molecular formula is C24H29N3O2. The van der Waals surface area contributed by atoms with Crippen molar-refractivity contribution in [3.63, 3.8) is 0 Å². The molecule has 2 aliphatic carbocycles. The van der Waals surface area contributed by atoms with Crippen molar-refractivity contribution in [1.82, 2.24) is 5.06 Å². The van der Waals surface area contributed by atoms with Gasteiger partial charge in [-0.25, -0.2) is 14.9 Å². The second-order valence-corrected chi connectivity index (χ2v) is 8.84. The van der Waals surface area contributed by atoms with Crippen LogP contribution in [-0.2, 0) is 21.7 Å². The Morgan fingerprint density at radius 2 is 1.90 bits per heavy atom. The summed E-state index contributed by atoms with van der Waals surface area (Å²) in [5.74, 6) is 0.451. The van der Waals surface area contributed by atoms with Crippen LogP contribution in [0.2, 0.25) is 0 Å². The molecule has 0 amide bonds. The lowest BCUT2D eigenvalue weighted by atomic mass is 9.66. The van der Waals surface area contributed by atoms with Gasteiger partial charge in [-0.2, -0.15) is 0 Å². The van der Waals surface area contributed by atoms with Gasteiger partial charge in [-0.1, -0.05) is 42.0 Å². The van der Waals surface area contributed by atoms with Gasteiger partial charge in [0.2, 0.25) is 11.7 Å². The summed E-state index contributed by atoms with van der Waals surface area (Å²) in [5, 5.41) is 1.64. The van der Waals surface area contributed by atoms with Crippen LogP contribution >= 0.6 is 0 Å². The van der Waals surface area contributed by atoms with E-state index in [4.69, 9.17) is 20.3 Å². The van der Waals surface area contributed by atoms with Crippen LogP contribution in [-0.4, -0.2) is 31.3 Å². The first kappa shape index (κ1) is 18.6. The number of ether oxygens (including phenoxy) is 1. The highest BCUT2D eigenvalue weighted by molar-refractivity contribution is 5.79. The highest BCUT2D eigenvalue weighted by atomic mass is 16.7. The number of aryl methyl sites for hydroxylation is 1. The molecule has 1 aliphatic heterocycles. The highest BCUT2D eigenvalue weighted by Gasteiger charge is 2.63. The lowest BCUT2D eigenvalue weighted by molar-refractivity contribution is -0.232. The van der Waals surface area contributed by atoms with Crippen LogP contribution in [0.1, 0.15) is 42.4 Å². The topological polar surface area (TPSA) is 60.1 Å². The molecule has 1 heterocycles. The zero-order chi connectivity index (χ0) is 20.2. The summed E-state index contributed by atoms with van der Waals surface area (Å²) < 4.78 is 5.64. The molecule has 1 fully saturated rings. The van der Waals surface area contributed by atoms with Gasteiger partial charge in [-0.15, -0.1) is 0 Å². The molecule has 0 saturated heterocycles. The third kappa shape index (κ3) is 2.71. The number of methoxy groups -OCH3 is 1. The van der Waals surface area contributed by atoms with Crippen molar-refractivity contribution in [2.24, 2.45) is 16.1 Å². The Morgan fingerprint density at radius 3 is 2.55 bits per heavy atom. The Bertz CT molecular complexity index is 978. The molecule has 5 rings (SSSR count). The molecule has 5 nitrogen and oxygen atoms in total. The number of hydrogen-bond acceptors (Lipinski definition) is 5. The van der Waals surface area contributed by atoms with Crippen LogP contribution in [0.4, 0.5) is 0 Å². The third-order valence-electron chi connectivity index (χ3n) is 7.16. The average molecular weight is 392 g/mol. The molecule has 0 radical (unpaired) electrons. The van der Waals surface area contributed by atoms with E-state index >= 15 is 0 Å². The van der Waals surface area contributed by atoms with E-state index in [2.05, 4.69) is 49.4 Å². The average Bonchev–Trinajstić information content (AvgIpc) is 3.16. The highest BCUT2D eigenvalue weighted by Crippen LogP contribution is 2.62. The predicted molar refractivity (Wildman–Crippen MR) is 114 cm³/mol. The van der Waals surface area contributed by atoms with Crippen molar-refractivity contribution in [2.45, 2.75) is 50.9 Å². The first-order valence-electron chi connectivity index (χ1n) is 10.5. The molecule has 2 N–H and O–H groups in total. The van der Waals surface area contributed by atoms with Crippen LogP contribution in [0, 0.1) is 12.3 Å². The zero-order valence-electron chi connectivity index (χ0n) is 17.4.